The number of aromatic nitrogens is 3. The summed E-state index contributed by atoms with van der Waals surface area (Å²) in [6.07, 6.45) is 1.72. The van der Waals surface area contributed by atoms with Gasteiger partial charge in [-0.1, -0.05) is 0 Å². The zero-order valence-electron chi connectivity index (χ0n) is 10.9. The van der Waals surface area contributed by atoms with Gasteiger partial charge in [0.05, 0.1) is 33.1 Å². The van der Waals surface area contributed by atoms with Gasteiger partial charge in [0.2, 0.25) is 0 Å². The molecule has 0 amide bonds. The third-order valence-electron chi connectivity index (χ3n) is 2.94. The summed E-state index contributed by atoms with van der Waals surface area (Å²) in [6.45, 7) is 1.97. The molecule has 0 radical (unpaired) electrons. The molecule has 0 fully saturated rings. The van der Waals surface area contributed by atoms with Crippen molar-refractivity contribution in [3.8, 4) is 10.6 Å². The second kappa shape index (κ2) is 5.10. The summed E-state index contributed by atoms with van der Waals surface area (Å²) in [6, 6.07) is 5.65. The van der Waals surface area contributed by atoms with E-state index in [1.807, 2.05) is 19.1 Å². The maximum Gasteiger partial charge on any atom is 0.126 e. The number of fused-ring (bicyclic) bond motifs is 1. The molecule has 0 bridgehead atoms. The van der Waals surface area contributed by atoms with E-state index in [-0.39, 0.29) is 12.6 Å². The zero-order chi connectivity index (χ0) is 14.1. The molecule has 7 heteroatoms. The fraction of sp³-hybridized carbons (Fsp3) is 0.231. The summed E-state index contributed by atoms with van der Waals surface area (Å²) in [5, 5.41) is 19.3. The molecule has 6 nitrogen and oxygen atoms in total. The third-order valence-corrected chi connectivity index (χ3v) is 4.13. The number of anilines is 2. The van der Waals surface area contributed by atoms with E-state index in [1.165, 1.54) is 0 Å². The molecule has 3 aromatic rings. The summed E-state index contributed by atoms with van der Waals surface area (Å²) < 4.78 is 1.02. The maximum atomic E-state index is 9.17. The molecule has 20 heavy (non-hydrogen) atoms. The molecule has 3 aromatic heterocycles. The number of rotatable bonds is 4. The minimum absolute atomic E-state index is 0.0438. The first-order chi connectivity index (χ1) is 9.67. The fourth-order valence-electron chi connectivity index (χ4n) is 1.99. The van der Waals surface area contributed by atoms with Gasteiger partial charge in [0.1, 0.15) is 5.82 Å². The van der Waals surface area contributed by atoms with Crippen LogP contribution in [0.15, 0.2) is 24.4 Å². The number of aliphatic hydroxyl groups excluding tert-OH is 1. The van der Waals surface area contributed by atoms with E-state index in [9.17, 15) is 5.11 Å². The Hall–Kier alpha value is -2.12. The van der Waals surface area contributed by atoms with Crippen molar-refractivity contribution in [2.45, 2.75) is 13.0 Å². The lowest BCUT2D eigenvalue weighted by Gasteiger charge is -2.13. The normalized spacial score (nSPS) is 12.7. The van der Waals surface area contributed by atoms with Crippen LogP contribution in [0.1, 0.15) is 6.92 Å². The molecular weight excluding hydrogens is 274 g/mol. The van der Waals surface area contributed by atoms with Crippen LogP contribution in [0.5, 0.6) is 0 Å². The fourth-order valence-corrected chi connectivity index (χ4v) is 3.04. The van der Waals surface area contributed by atoms with Crippen molar-refractivity contribution in [1.82, 2.24) is 15.2 Å². The van der Waals surface area contributed by atoms with Gasteiger partial charge in [-0.2, -0.15) is 5.10 Å². The second-order valence-corrected chi connectivity index (χ2v) is 5.67. The molecule has 0 aliphatic rings. The van der Waals surface area contributed by atoms with Crippen molar-refractivity contribution in [1.29, 1.82) is 0 Å². The summed E-state index contributed by atoms with van der Waals surface area (Å²) in [5.74, 6) is 0.458. The Morgan fingerprint density at radius 1 is 1.50 bits per heavy atom. The van der Waals surface area contributed by atoms with E-state index in [2.05, 4.69) is 20.5 Å². The van der Waals surface area contributed by atoms with E-state index in [1.54, 1.807) is 23.6 Å². The molecule has 0 aliphatic heterocycles. The lowest BCUT2D eigenvalue weighted by Crippen LogP contribution is -2.19. The Morgan fingerprint density at radius 2 is 2.35 bits per heavy atom. The van der Waals surface area contributed by atoms with Crippen LogP contribution in [-0.4, -0.2) is 32.9 Å². The van der Waals surface area contributed by atoms with Crippen molar-refractivity contribution in [2.24, 2.45) is 0 Å². The number of aliphatic hydroxyl groups is 1. The van der Waals surface area contributed by atoms with Crippen LogP contribution in [0.2, 0.25) is 0 Å². The number of nitrogens with zero attached hydrogens (tertiary/aromatic N) is 2. The number of nitrogens with one attached hydrogen (secondary N) is 2. The third kappa shape index (κ3) is 2.33. The standard InChI is InChI=1S/C13H15N5OS/c1-7(6-19)16-10-5-12(14)17-9-4-11(20-13(9)10)8-2-3-15-18-8/h2-5,7,19H,6H2,1H3,(H,15,18)(H3,14,16,17)/t7-/m0/s1. The van der Waals surface area contributed by atoms with Gasteiger partial charge in [-0.25, -0.2) is 4.98 Å². The highest BCUT2D eigenvalue weighted by Gasteiger charge is 2.12. The molecule has 0 aliphatic carbocycles. The highest BCUT2D eigenvalue weighted by atomic mass is 32.1. The van der Waals surface area contributed by atoms with Crippen LogP contribution in [0.25, 0.3) is 20.8 Å². The number of hydrogen-bond donors (Lipinski definition) is 4. The molecule has 0 aromatic carbocycles. The van der Waals surface area contributed by atoms with Crippen LogP contribution in [0.4, 0.5) is 11.5 Å². The first-order valence-electron chi connectivity index (χ1n) is 6.24. The number of hydrogen-bond acceptors (Lipinski definition) is 6. The van der Waals surface area contributed by atoms with E-state index in [0.717, 1.165) is 26.5 Å². The van der Waals surface area contributed by atoms with Crippen molar-refractivity contribution in [3.05, 3.63) is 24.4 Å². The van der Waals surface area contributed by atoms with Gasteiger partial charge in [0.15, 0.2) is 0 Å². The number of aromatic amines is 1. The van der Waals surface area contributed by atoms with Gasteiger partial charge in [0, 0.05) is 18.3 Å². The van der Waals surface area contributed by atoms with Gasteiger partial charge in [-0.15, -0.1) is 11.3 Å². The average molecular weight is 289 g/mol. The predicted molar refractivity (Wildman–Crippen MR) is 81.8 cm³/mol. The van der Waals surface area contributed by atoms with E-state index in [4.69, 9.17) is 5.73 Å². The van der Waals surface area contributed by atoms with E-state index in [0.29, 0.717) is 5.82 Å². The summed E-state index contributed by atoms with van der Waals surface area (Å²) >= 11 is 1.61. The molecule has 5 N–H and O–H groups in total. The quantitative estimate of drug-likeness (QED) is 0.589. The van der Waals surface area contributed by atoms with Crippen LogP contribution in [-0.2, 0) is 0 Å². The topological polar surface area (TPSA) is 99.8 Å². The van der Waals surface area contributed by atoms with E-state index >= 15 is 0 Å². The van der Waals surface area contributed by atoms with Crippen LogP contribution in [0, 0.1) is 0 Å². The molecular formula is C13H15N5OS. The molecule has 0 spiro atoms. The predicted octanol–water partition coefficient (Wildman–Crippen LogP) is 2.06. The number of nitrogen functional groups attached to an aromatic ring is 1. The summed E-state index contributed by atoms with van der Waals surface area (Å²) in [7, 11) is 0. The Morgan fingerprint density at radius 3 is 3.05 bits per heavy atom. The molecule has 3 rings (SSSR count). The molecule has 104 valence electrons. The second-order valence-electron chi connectivity index (χ2n) is 4.62. The van der Waals surface area contributed by atoms with Gasteiger partial charge < -0.3 is 16.2 Å². The van der Waals surface area contributed by atoms with Crippen LogP contribution in [0.3, 0.4) is 0 Å². The van der Waals surface area contributed by atoms with Crippen LogP contribution < -0.4 is 11.1 Å². The molecule has 3 heterocycles. The van der Waals surface area contributed by atoms with Gasteiger partial charge >= 0.3 is 0 Å². The summed E-state index contributed by atoms with van der Waals surface area (Å²) in [5.41, 5.74) is 8.53. The smallest absolute Gasteiger partial charge is 0.126 e. The minimum atomic E-state index is -0.0438. The van der Waals surface area contributed by atoms with Crippen molar-refractivity contribution < 1.29 is 5.11 Å². The molecule has 0 saturated heterocycles. The monoisotopic (exact) mass is 289 g/mol. The van der Waals surface area contributed by atoms with Gasteiger partial charge in [0.25, 0.3) is 0 Å². The van der Waals surface area contributed by atoms with Crippen molar-refractivity contribution in [2.75, 3.05) is 17.7 Å². The molecule has 0 saturated carbocycles. The van der Waals surface area contributed by atoms with Crippen molar-refractivity contribution >= 4 is 33.1 Å². The lowest BCUT2D eigenvalue weighted by molar-refractivity contribution is 0.281. The maximum absolute atomic E-state index is 9.17. The lowest BCUT2D eigenvalue weighted by atomic mass is 10.2. The Kier molecular flexibility index (Phi) is 3.29. The highest BCUT2D eigenvalue weighted by molar-refractivity contribution is 7.22. The molecule has 1 atom stereocenters. The van der Waals surface area contributed by atoms with Gasteiger partial charge in [-0.05, 0) is 19.1 Å². The Labute approximate surface area is 119 Å². The Bertz CT molecular complexity index is 722. The van der Waals surface area contributed by atoms with Crippen LogP contribution >= 0.6 is 11.3 Å². The zero-order valence-corrected chi connectivity index (χ0v) is 11.7. The summed E-state index contributed by atoms with van der Waals surface area (Å²) in [4.78, 5) is 5.40. The number of nitrogens with two attached hydrogens (primary N) is 1. The molecule has 0 unspecified atom stereocenters. The number of H-pyrrole nitrogens is 1. The SMILES string of the molecule is C[C@@H](CO)Nc1cc(N)nc2cc(-c3ccn[nH]3)sc12. The van der Waals surface area contributed by atoms with Crippen molar-refractivity contribution in [3.63, 3.8) is 0 Å². The number of pyridine rings is 1. The minimum Gasteiger partial charge on any atom is -0.394 e. The largest absolute Gasteiger partial charge is 0.394 e. The first kappa shape index (κ1) is 12.9. The van der Waals surface area contributed by atoms with E-state index < -0.39 is 0 Å². The first-order valence-corrected chi connectivity index (χ1v) is 7.06. The average Bonchev–Trinajstić information content (AvgIpc) is 3.06. The van der Waals surface area contributed by atoms with Gasteiger partial charge in [-0.3, -0.25) is 5.10 Å². The number of thiophene rings is 1. The highest BCUT2D eigenvalue weighted by Crippen LogP contribution is 2.36. The Balaban J connectivity index is 2.10.